The number of likely N-dealkylation sites (N-methyl/N-ethyl adjacent to an activating group) is 1. The Bertz CT molecular complexity index is 333. The van der Waals surface area contributed by atoms with Crippen LogP contribution in [0.25, 0.3) is 0 Å². The van der Waals surface area contributed by atoms with Crippen molar-refractivity contribution >= 4 is 5.69 Å². The van der Waals surface area contributed by atoms with Gasteiger partial charge in [0.1, 0.15) is 0 Å². The Morgan fingerprint density at radius 1 is 1.24 bits per heavy atom. The van der Waals surface area contributed by atoms with Gasteiger partial charge in [-0.05, 0) is 45.0 Å². The lowest BCUT2D eigenvalue weighted by atomic mass is 9.91. The van der Waals surface area contributed by atoms with E-state index in [0.29, 0.717) is 0 Å². The molecule has 1 saturated heterocycles. The average molecular weight is 234 g/mol. The molecule has 94 valence electrons. The lowest BCUT2D eigenvalue weighted by molar-refractivity contribution is 0.0175. The first-order valence-corrected chi connectivity index (χ1v) is 6.47. The maximum absolute atomic E-state index is 10.6. The van der Waals surface area contributed by atoms with E-state index in [4.69, 9.17) is 0 Å². The van der Waals surface area contributed by atoms with Gasteiger partial charge < -0.3 is 15.3 Å². The maximum atomic E-state index is 10.6. The van der Waals surface area contributed by atoms with E-state index in [1.807, 2.05) is 18.2 Å². The van der Waals surface area contributed by atoms with Crippen LogP contribution < -0.4 is 10.2 Å². The summed E-state index contributed by atoms with van der Waals surface area (Å²) in [6, 6.07) is 10.3. The van der Waals surface area contributed by atoms with E-state index in [1.54, 1.807) is 0 Å². The zero-order valence-electron chi connectivity index (χ0n) is 10.5. The highest BCUT2D eigenvalue weighted by atomic mass is 16.3. The highest BCUT2D eigenvalue weighted by Gasteiger charge is 2.30. The van der Waals surface area contributed by atoms with Crippen molar-refractivity contribution in [2.45, 2.75) is 25.4 Å². The molecule has 3 nitrogen and oxygen atoms in total. The molecule has 1 fully saturated rings. The van der Waals surface area contributed by atoms with Gasteiger partial charge in [-0.25, -0.2) is 0 Å². The minimum Gasteiger partial charge on any atom is -0.388 e. The van der Waals surface area contributed by atoms with Crippen molar-refractivity contribution in [2.75, 3.05) is 31.1 Å². The molecule has 0 unspecified atom stereocenters. The molecule has 1 aliphatic heterocycles. The number of piperidine rings is 1. The Morgan fingerprint density at radius 3 is 2.47 bits per heavy atom. The first-order valence-electron chi connectivity index (χ1n) is 6.47. The van der Waals surface area contributed by atoms with Crippen molar-refractivity contribution in [3.8, 4) is 0 Å². The Labute approximate surface area is 103 Å². The first-order chi connectivity index (χ1) is 8.23. The second kappa shape index (κ2) is 5.52. The first kappa shape index (κ1) is 12.4. The van der Waals surface area contributed by atoms with Gasteiger partial charge in [-0.15, -0.1) is 0 Å². The zero-order chi connectivity index (χ0) is 12.1. The van der Waals surface area contributed by atoms with Crippen LogP contribution in [0.15, 0.2) is 30.3 Å². The minimum atomic E-state index is -0.531. The van der Waals surface area contributed by atoms with E-state index in [2.05, 4.69) is 29.3 Å². The van der Waals surface area contributed by atoms with Gasteiger partial charge in [0.15, 0.2) is 0 Å². The van der Waals surface area contributed by atoms with E-state index < -0.39 is 5.60 Å². The zero-order valence-corrected chi connectivity index (χ0v) is 10.5. The maximum Gasteiger partial charge on any atom is 0.0845 e. The van der Waals surface area contributed by atoms with E-state index in [1.165, 1.54) is 5.69 Å². The fourth-order valence-corrected chi connectivity index (χ4v) is 2.43. The van der Waals surface area contributed by atoms with E-state index in [9.17, 15) is 5.11 Å². The molecule has 0 aliphatic carbocycles. The van der Waals surface area contributed by atoms with Gasteiger partial charge in [-0.3, -0.25) is 0 Å². The van der Waals surface area contributed by atoms with Crippen molar-refractivity contribution in [1.82, 2.24) is 5.32 Å². The molecule has 17 heavy (non-hydrogen) atoms. The highest BCUT2D eigenvalue weighted by Crippen LogP contribution is 2.23. The Kier molecular flexibility index (Phi) is 4.02. The largest absolute Gasteiger partial charge is 0.388 e. The van der Waals surface area contributed by atoms with Crippen LogP contribution >= 0.6 is 0 Å². The third kappa shape index (κ3) is 3.20. The lowest BCUT2D eigenvalue weighted by Crippen LogP contribution is -2.49. The number of anilines is 1. The van der Waals surface area contributed by atoms with Crippen molar-refractivity contribution < 1.29 is 5.11 Å². The molecule has 0 atom stereocenters. The summed E-state index contributed by atoms with van der Waals surface area (Å²) in [6.07, 6.45) is 1.69. The SMILES string of the molecule is CCN(CC1(O)CCNCC1)c1ccccc1. The number of aliphatic hydroxyl groups is 1. The van der Waals surface area contributed by atoms with Crippen LogP contribution in [0, 0.1) is 0 Å². The smallest absolute Gasteiger partial charge is 0.0845 e. The summed E-state index contributed by atoms with van der Waals surface area (Å²) < 4.78 is 0. The molecular formula is C14H22N2O. The topological polar surface area (TPSA) is 35.5 Å². The number of nitrogens with zero attached hydrogens (tertiary/aromatic N) is 1. The van der Waals surface area contributed by atoms with Gasteiger partial charge in [-0.1, -0.05) is 18.2 Å². The molecule has 2 rings (SSSR count). The van der Waals surface area contributed by atoms with Crippen LogP contribution in [0.1, 0.15) is 19.8 Å². The molecule has 0 saturated carbocycles. The standard InChI is InChI=1S/C14H22N2O/c1-2-16(13-6-4-3-5-7-13)12-14(17)8-10-15-11-9-14/h3-7,15,17H,2,8-12H2,1H3. The number of nitrogens with one attached hydrogen (secondary N) is 1. The van der Waals surface area contributed by atoms with Crippen LogP contribution in [0.3, 0.4) is 0 Å². The van der Waals surface area contributed by atoms with Crippen molar-refractivity contribution in [3.63, 3.8) is 0 Å². The summed E-state index contributed by atoms with van der Waals surface area (Å²) in [4.78, 5) is 2.26. The van der Waals surface area contributed by atoms with E-state index >= 15 is 0 Å². The molecule has 0 amide bonds. The van der Waals surface area contributed by atoms with Crippen LogP contribution in [0.2, 0.25) is 0 Å². The summed E-state index contributed by atoms with van der Waals surface area (Å²) in [6.45, 7) is 5.64. The monoisotopic (exact) mass is 234 g/mol. The van der Waals surface area contributed by atoms with Crippen LogP contribution in [-0.2, 0) is 0 Å². The van der Waals surface area contributed by atoms with Gasteiger partial charge in [0.05, 0.1) is 5.60 Å². The molecule has 0 aromatic heterocycles. The van der Waals surface area contributed by atoms with Gasteiger partial charge in [-0.2, -0.15) is 0 Å². The predicted molar refractivity (Wildman–Crippen MR) is 71.4 cm³/mol. The summed E-state index contributed by atoms with van der Waals surface area (Å²) in [5.41, 5.74) is 0.666. The Hall–Kier alpha value is -1.06. The number of hydrogen-bond donors (Lipinski definition) is 2. The fourth-order valence-electron chi connectivity index (χ4n) is 2.43. The quantitative estimate of drug-likeness (QED) is 0.831. The summed E-state index contributed by atoms with van der Waals surface area (Å²) in [7, 11) is 0. The van der Waals surface area contributed by atoms with Crippen LogP contribution in [0.4, 0.5) is 5.69 Å². The third-order valence-corrected chi connectivity index (χ3v) is 3.52. The number of hydrogen-bond acceptors (Lipinski definition) is 3. The number of para-hydroxylation sites is 1. The summed E-state index contributed by atoms with van der Waals surface area (Å²) in [5.74, 6) is 0. The lowest BCUT2D eigenvalue weighted by Gasteiger charge is -2.37. The molecule has 1 aromatic carbocycles. The third-order valence-electron chi connectivity index (χ3n) is 3.52. The van der Waals surface area contributed by atoms with Crippen molar-refractivity contribution in [2.24, 2.45) is 0 Å². The molecule has 0 bridgehead atoms. The second-order valence-corrected chi connectivity index (χ2v) is 4.82. The van der Waals surface area contributed by atoms with Gasteiger partial charge >= 0.3 is 0 Å². The average Bonchev–Trinajstić information content (AvgIpc) is 2.38. The molecule has 1 aromatic rings. The summed E-state index contributed by atoms with van der Waals surface area (Å²) in [5, 5.41) is 13.8. The van der Waals surface area contributed by atoms with Crippen molar-refractivity contribution in [1.29, 1.82) is 0 Å². The number of benzene rings is 1. The molecular weight excluding hydrogens is 212 g/mol. The van der Waals surface area contributed by atoms with Gasteiger partial charge in [0.25, 0.3) is 0 Å². The van der Waals surface area contributed by atoms with E-state index in [0.717, 1.165) is 39.0 Å². The molecule has 3 heteroatoms. The van der Waals surface area contributed by atoms with Crippen molar-refractivity contribution in [3.05, 3.63) is 30.3 Å². The van der Waals surface area contributed by atoms with Crippen LogP contribution in [-0.4, -0.2) is 36.9 Å². The molecule has 2 N–H and O–H groups in total. The van der Waals surface area contributed by atoms with Gasteiger partial charge in [0.2, 0.25) is 0 Å². The Balaban J connectivity index is 2.04. The Morgan fingerprint density at radius 2 is 1.88 bits per heavy atom. The minimum absolute atomic E-state index is 0.531. The predicted octanol–water partition coefficient (Wildman–Crippen LogP) is 1.63. The normalized spacial score (nSPS) is 18.9. The van der Waals surface area contributed by atoms with Crippen LogP contribution in [0.5, 0.6) is 0 Å². The molecule has 0 spiro atoms. The molecule has 1 aliphatic rings. The van der Waals surface area contributed by atoms with Gasteiger partial charge in [0, 0.05) is 18.8 Å². The second-order valence-electron chi connectivity index (χ2n) is 4.82. The number of rotatable bonds is 4. The molecule has 0 radical (unpaired) electrons. The summed E-state index contributed by atoms with van der Waals surface area (Å²) >= 11 is 0. The fraction of sp³-hybridized carbons (Fsp3) is 0.571. The van der Waals surface area contributed by atoms with E-state index in [-0.39, 0.29) is 0 Å². The molecule has 1 heterocycles. The highest BCUT2D eigenvalue weighted by molar-refractivity contribution is 5.46.